The van der Waals surface area contributed by atoms with Crippen molar-refractivity contribution in [2.75, 3.05) is 47.8 Å². The van der Waals surface area contributed by atoms with E-state index in [-0.39, 0.29) is 22.9 Å². The van der Waals surface area contributed by atoms with Gasteiger partial charge in [0.05, 0.1) is 16.9 Å². The van der Waals surface area contributed by atoms with E-state index in [4.69, 9.17) is 10.1 Å². The molecule has 0 saturated carbocycles. The summed E-state index contributed by atoms with van der Waals surface area (Å²) in [6.07, 6.45) is 1.77. The third kappa shape index (κ3) is 6.05. The van der Waals surface area contributed by atoms with Crippen LogP contribution in [0.3, 0.4) is 0 Å². The highest BCUT2D eigenvalue weighted by Gasteiger charge is 2.32. The maximum atomic E-state index is 13.8. The van der Waals surface area contributed by atoms with Gasteiger partial charge in [0.2, 0.25) is 10.0 Å². The zero-order chi connectivity index (χ0) is 30.0. The number of carbonyl (C=O) groups excluding carboxylic acids is 1. The van der Waals surface area contributed by atoms with Gasteiger partial charge in [-0.2, -0.15) is 5.26 Å². The van der Waals surface area contributed by atoms with Crippen LogP contribution in [0.2, 0.25) is 0 Å². The summed E-state index contributed by atoms with van der Waals surface area (Å²) in [5, 5.41) is 18.5. The maximum Gasteiger partial charge on any atom is 0.273 e. The van der Waals surface area contributed by atoms with Crippen molar-refractivity contribution in [1.82, 2.24) is 9.88 Å². The van der Waals surface area contributed by atoms with Crippen LogP contribution < -0.4 is 20.3 Å². The fourth-order valence-electron chi connectivity index (χ4n) is 5.99. The number of nitriles is 1. The van der Waals surface area contributed by atoms with Crippen molar-refractivity contribution >= 4 is 33.1 Å². The van der Waals surface area contributed by atoms with Gasteiger partial charge in [-0.05, 0) is 69.0 Å². The van der Waals surface area contributed by atoms with Gasteiger partial charge >= 0.3 is 0 Å². The van der Waals surface area contributed by atoms with Gasteiger partial charge in [0.15, 0.2) is 0 Å². The Kier molecular flexibility index (Phi) is 8.38. The van der Waals surface area contributed by atoms with E-state index in [1.807, 2.05) is 60.9 Å². The smallest absolute Gasteiger partial charge is 0.273 e. The Morgan fingerprint density at radius 2 is 1.64 bits per heavy atom. The third-order valence-corrected chi connectivity index (χ3v) is 9.17. The molecule has 2 aliphatic rings. The van der Waals surface area contributed by atoms with Crippen molar-refractivity contribution in [2.45, 2.75) is 50.6 Å². The molecule has 2 fully saturated rings. The Hall–Kier alpha value is -4.14. The number of piperazine rings is 1. The summed E-state index contributed by atoms with van der Waals surface area (Å²) in [5.41, 5.74) is 4.44. The molecule has 1 amide bonds. The summed E-state index contributed by atoms with van der Waals surface area (Å²) in [7, 11) is -3.88. The van der Waals surface area contributed by atoms with Crippen LogP contribution in [0.4, 0.5) is 17.2 Å². The van der Waals surface area contributed by atoms with E-state index in [0.29, 0.717) is 42.4 Å². The Labute approximate surface area is 247 Å². The molecule has 1 unspecified atom stereocenters. The fourth-order valence-corrected chi connectivity index (χ4v) is 6.74. The topological polar surface area (TPSA) is 136 Å². The molecule has 1 aromatic heterocycles. The van der Waals surface area contributed by atoms with E-state index in [2.05, 4.69) is 16.3 Å². The summed E-state index contributed by atoms with van der Waals surface area (Å²) in [6.45, 7) is 8.90. The third-order valence-electron chi connectivity index (χ3n) is 8.21. The minimum Gasteiger partial charge on any atom is -0.370 e. The number of benzene rings is 2. The van der Waals surface area contributed by atoms with Gasteiger partial charge in [0.25, 0.3) is 5.91 Å². The van der Waals surface area contributed by atoms with Crippen molar-refractivity contribution in [3.05, 3.63) is 77.0 Å². The lowest BCUT2D eigenvalue weighted by molar-refractivity contribution is 0.0667. The first-order valence-corrected chi connectivity index (χ1v) is 15.8. The minimum absolute atomic E-state index is 0.0869. The molecule has 3 N–H and O–H groups in total. The quantitative estimate of drug-likeness (QED) is 0.446. The number of primary sulfonamides is 1. The first-order chi connectivity index (χ1) is 20.1. The molecule has 3 heterocycles. The largest absolute Gasteiger partial charge is 0.370 e. The molecule has 2 aromatic carbocycles. The number of amides is 1. The number of nitrogens with two attached hydrogens (primary N) is 1. The molecule has 220 valence electrons. The molecular weight excluding hydrogens is 550 g/mol. The van der Waals surface area contributed by atoms with Gasteiger partial charge < -0.3 is 20.0 Å². The molecular formula is C31H37N7O3S. The molecule has 0 radical (unpaired) electrons. The number of aryl methyl sites for hydroxylation is 2. The SMILES string of the molecule is Cc1cc(C)c(C(=O)N2CCN(c3ccccc3S(N)(=O)=O)CC2C)nc1NC1CCN(c2ccccc2C#N)CC1. The molecule has 11 heteroatoms. The van der Waals surface area contributed by atoms with Gasteiger partial charge in [-0.25, -0.2) is 18.5 Å². The van der Waals surface area contributed by atoms with Gasteiger partial charge in [0.1, 0.15) is 22.5 Å². The predicted molar refractivity (Wildman–Crippen MR) is 164 cm³/mol. The van der Waals surface area contributed by atoms with Crippen LogP contribution in [-0.4, -0.2) is 69.0 Å². The van der Waals surface area contributed by atoms with Crippen molar-refractivity contribution in [2.24, 2.45) is 5.14 Å². The van der Waals surface area contributed by atoms with E-state index in [1.54, 1.807) is 18.2 Å². The van der Waals surface area contributed by atoms with Crippen LogP contribution in [0, 0.1) is 25.2 Å². The molecule has 42 heavy (non-hydrogen) atoms. The van der Waals surface area contributed by atoms with Gasteiger partial charge in [-0.15, -0.1) is 0 Å². The maximum absolute atomic E-state index is 13.8. The van der Waals surface area contributed by atoms with E-state index in [9.17, 15) is 18.5 Å². The fraction of sp³-hybridized carbons (Fsp3) is 0.387. The van der Waals surface area contributed by atoms with Gasteiger partial charge in [-0.1, -0.05) is 30.3 Å². The molecule has 5 rings (SSSR count). The number of hydrogen-bond donors (Lipinski definition) is 2. The second-order valence-corrected chi connectivity index (χ2v) is 12.7. The standard InChI is InChI=1S/C31H37N7O3S/c1-21-18-22(2)30(34-25-12-14-36(15-13-25)26-9-5-4-8-24(26)19-32)35-29(21)31(39)38-17-16-37(20-23(38)3)27-10-6-7-11-28(27)42(33,40)41/h4-11,18,23,25H,12-17,20H2,1-3H3,(H,34,35)(H2,33,40,41). The number of nitrogens with zero attached hydrogens (tertiary/aromatic N) is 5. The summed E-state index contributed by atoms with van der Waals surface area (Å²) < 4.78 is 24.3. The van der Waals surface area contributed by atoms with Crippen molar-refractivity contribution in [1.29, 1.82) is 5.26 Å². The molecule has 0 aliphatic carbocycles. The van der Waals surface area contributed by atoms with Crippen LogP contribution >= 0.6 is 0 Å². The van der Waals surface area contributed by atoms with Crippen molar-refractivity contribution < 1.29 is 13.2 Å². The highest BCUT2D eigenvalue weighted by Crippen LogP contribution is 2.29. The molecule has 2 aliphatic heterocycles. The number of sulfonamides is 1. The van der Waals surface area contributed by atoms with E-state index >= 15 is 0 Å². The number of hydrogen-bond acceptors (Lipinski definition) is 8. The average molecular weight is 588 g/mol. The van der Waals surface area contributed by atoms with Gasteiger partial charge in [0, 0.05) is 44.8 Å². The number of piperidine rings is 1. The van der Waals surface area contributed by atoms with E-state index < -0.39 is 10.0 Å². The number of rotatable bonds is 6. The minimum atomic E-state index is -3.88. The highest BCUT2D eigenvalue weighted by molar-refractivity contribution is 7.89. The summed E-state index contributed by atoms with van der Waals surface area (Å²) in [5.74, 6) is 0.582. The zero-order valence-corrected chi connectivity index (χ0v) is 25.1. The molecule has 0 bridgehead atoms. The zero-order valence-electron chi connectivity index (χ0n) is 24.2. The molecule has 3 aromatic rings. The Morgan fingerprint density at radius 1 is 0.976 bits per heavy atom. The summed E-state index contributed by atoms with van der Waals surface area (Å²) >= 11 is 0. The first-order valence-electron chi connectivity index (χ1n) is 14.2. The second-order valence-electron chi connectivity index (χ2n) is 11.2. The van der Waals surface area contributed by atoms with Crippen LogP contribution in [0.15, 0.2) is 59.5 Å². The van der Waals surface area contributed by atoms with E-state index in [0.717, 1.165) is 42.7 Å². The van der Waals surface area contributed by atoms with Crippen LogP contribution in [-0.2, 0) is 10.0 Å². The van der Waals surface area contributed by atoms with Crippen LogP contribution in [0.1, 0.15) is 46.9 Å². The van der Waals surface area contributed by atoms with E-state index in [1.165, 1.54) is 6.07 Å². The number of nitrogens with one attached hydrogen (secondary N) is 1. The predicted octanol–water partition coefficient (Wildman–Crippen LogP) is 3.65. The molecule has 1 atom stereocenters. The van der Waals surface area contributed by atoms with Crippen LogP contribution in [0.5, 0.6) is 0 Å². The lowest BCUT2D eigenvalue weighted by atomic mass is 10.0. The molecule has 2 saturated heterocycles. The van der Waals surface area contributed by atoms with Crippen molar-refractivity contribution in [3.63, 3.8) is 0 Å². The monoisotopic (exact) mass is 587 g/mol. The van der Waals surface area contributed by atoms with Crippen molar-refractivity contribution in [3.8, 4) is 6.07 Å². The van der Waals surface area contributed by atoms with Gasteiger partial charge in [-0.3, -0.25) is 4.79 Å². The summed E-state index contributed by atoms with van der Waals surface area (Å²) in [4.78, 5) is 24.7. The Balaban J connectivity index is 1.27. The Morgan fingerprint density at radius 3 is 2.31 bits per heavy atom. The highest BCUT2D eigenvalue weighted by atomic mass is 32.2. The first kappa shape index (κ1) is 29.4. The lowest BCUT2D eigenvalue weighted by Gasteiger charge is -2.41. The average Bonchev–Trinajstić information content (AvgIpc) is 2.98. The number of carbonyl (C=O) groups is 1. The molecule has 10 nitrogen and oxygen atoms in total. The number of para-hydroxylation sites is 2. The van der Waals surface area contributed by atoms with Crippen LogP contribution in [0.25, 0.3) is 0 Å². The Bertz CT molecular complexity index is 1630. The molecule has 0 spiro atoms. The normalized spacial score (nSPS) is 18.1. The second kappa shape index (κ2) is 12.0. The number of anilines is 3. The lowest BCUT2D eigenvalue weighted by Crippen LogP contribution is -2.54. The summed E-state index contributed by atoms with van der Waals surface area (Å²) in [6, 6.07) is 18.7. The number of aromatic nitrogens is 1. The number of pyridine rings is 1.